The fourth-order valence-electron chi connectivity index (χ4n) is 1.39. The smallest absolute Gasteiger partial charge is 0.251 e. The number of primary amides is 1. The molecule has 0 fully saturated rings. The lowest BCUT2D eigenvalue weighted by Gasteiger charge is -2.15. The van der Waals surface area contributed by atoms with Crippen LogP contribution in [0.3, 0.4) is 0 Å². The summed E-state index contributed by atoms with van der Waals surface area (Å²) in [5.41, 5.74) is 10.0. The summed E-state index contributed by atoms with van der Waals surface area (Å²) in [7, 11) is 2.57. The summed E-state index contributed by atoms with van der Waals surface area (Å²) in [6.07, 6.45) is 0. The van der Waals surface area contributed by atoms with Crippen molar-refractivity contribution in [2.75, 3.05) is 19.5 Å². The Hall–Kier alpha value is -2.09. The van der Waals surface area contributed by atoms with Crippen molar-refractivity contribution in [2.45, 2.75) is 0 Å². The van der Waals surface area contributed by atoms with Crippen molar-refractivity contribution in [1.82, 2.24) is 0 Å². The number of hydrogen-bond acceptors (Lipinski definition) is 4. The molecule has 98 valence electrons. The second-order valence-corrected chi connectivity index (χ2v) is 3.64. The molecule has 0 spiro atoms. The molecule has 18 heavy (non-hydrogen) atoms. The van der Waals surface area contributed by atoms with Crippen LogP contribution in [0, 0.1) is 5.82 Å². The molecule has 0 saturated heterocycles. The van der Waals surface area contributed by atoms with E-state index in [9.17, 15) is 9.18 Å². The molecule has 0 radical (unpaired) electrons. The predicted octanol–water partition coefficient (Wildman–Crippen LogP) is 0.597. The number of halogens is 1. The molecule has 0 aliphatic rings. The molecule has 0 saturated carbocycles. The van der Waals surface area contributed by atoms with E-state index in [-0.39, 0.29) is 27.9 Å². The Morgan fingerprint density at radius 1 is 1.39 bits per heavy atom. The maximum absolute atomic E-state index is 14.1. The highest BCUT2D eigenvalue weighted by atomic mass is 32.1. The summed E-state index contributed by atoms with van der Waals surface area (Å²) in [6, 6.07) is 1.24. The van der Waals surface area contributed by atoms with Gasteiger partial charge in [-0.3, -0.25) is 4.79 Å². The maximum Gasteiger partial charge on any atom is 0.251 e. The number of rotatable bonds is 4. The van der Waals surface area contributed by atoms with Gasteiger partial charge in [-0.05, 0) is 18.3 Å². The van der Waals surface area contributed by atoms with E-state index in [4.69, 9.17) is 20.9 Å². The first-order valence-corrected chi connectivity index (χ1v) is 5.13. The van der Waals surface area contributed by atoms with Gasteiger partial charge in [-0.15, -0.1) is 0 Å². The largest absolute Gasteiger partial charge is 0.493 e. The van der Waals surface area contributed by atoms with Crippen LogP contribution in [-0.2, 0) is 0 Å². The summed E-state index contributed by atoms with van der Waals surface area (Å²) >= 11 is 4.60. The van der Waals surface area contributed by atoms with Crippen LogP contribution in [0.2, 0.25) is 0 Å². The number of nitrogens with two attached hydrogens (primary N) is 2. The number of carbonyl (C=O) groups excluding carboxylic acids is 1. The summed E-state index contributed by atoms with van der Waals surface area (Å²) in [5.74, 6) is -1.86. The van der Waals surface area contributed by atoms with E-state index >= 15 is 0 Å². The summed E-state index contributed by atoms with van der Waals surface area (Å²) in [5, 5.41) is 2.14. The summed E-state index contributed by atoms with van der Waals surface area (Å²) < 4.78 is 23.9. The van der Waals surface area contributed by atoms with E-state index in [1.807, 2.05) is 0 Å². The van der Waals surface area contributed by atoms with Crippen LogP contribution >= 0.6 is 12.2 Å². The zero-order valence-corrected chi connectivity index (χ0v) is 10.6. The van der Waals surface area contributed by atoms with Gasteiger partial charge in [0.05, 0.1) is 25.5 Å². The van der Waals surface area contributed by atoms with Crippen molar-refractivity contribution < 1.29 is 18.7 Å². The van der Waals surface area contributed by atoms with Crippen molar-refractivity contribution in [3.63, 3.8) is 0 Å². The zero-order chi connectivity index (χ0) is 13.9. The first-order valence-electron chi connectivity index (χ1n) is 4.73. The van der Waals surface area contributed by atoms with Gasteiger partial charge >= 0.3 is 0 Å². The number of hydrogen-bond donors (Lipinski definition) is 3. The quantitative estimate of drug-likeness (QED) is 0.695. The first-order chi connectivity index (χ1) is 8.42. The predicted molar refractivity (Wildman–Crippen MR) is 68.4 cm³/mol. The molecule has 5 N–H and O–H groups in total. The van der Waals surface area contributed by atoms with E-state index in [1.165, 1.54) is 20.3 Å². The second kappa shape index (κ2) is 5.50. The van der Waals surface area contributed by atoms with E-state index in [0.29, 0.717) is 0 Å². The molecule has 1 rings (SSSR count). The molecule has 1 aromatic rings. The molecule has 8 heteroatoms. The van der Waals surface area contributed by atoms with Crippen LogP contribution in [0.15, 0.2) is 6.07 Å². The Morgan fingerprint density at radius 3 is 2.39 bits per heavy atom. The zero-order valence-electron chi connectivity index (χ0n) is 9.74. The molecule has 1 aromatic carbocycles. The van der Waals surface area contributed by atoms with Gasteiger partial charge in [0.2, 0.25) is 0 Å². The molecule has 0 heterocycles. The van der Waals surface area contributed by atoms with Crippen LogP contribution in [-0.4, -0.2) is 25.2 Å². The fraction of sp³-hybridized carbons (Fsp3) is 0.200. The van der Waals surface area contributed by atoms with E-state index < -0.39 is 11.7 Å². The summed E-state index contributed by atoms with van der Waals surface area (Å²) in [6.45, 7) is 0. The van der Waals surface area contributed by atoms with Crippen LogP contribution in [0.25, 0.3) is 0 Å². The van der Waals surface area contributed by atoms with Crippen LogP contribution < -0.4 is 26.3 Å². The van der Waals surface area contributed by atoms with Gasteiger partial charge in [0.25, 0.3) is 5.91 Å². The Labute approximate surface area is 108 Å². The van der Waals surface area contributed by atoms with Crippen molar-refractivity contribution in [2.24, 2.45) is 11.5 Å². The van der Waals surface area contributed by atoms with Gasteiger partial charge in [-0.25, -0.2) is 4.39 Å². The number of carbonyl (C=O) groups is 1. The van der Waals surface area contributed by atoms with Crippen molar-refractivity contribution in [1.29, 1.82) is 0 Å². The molecule has 0 aliphatic heterocycles. The molecular weight excluding hydrogens is 261 g/mol. The maximum atomic E-state index is 14.1. The number of methoxy groups -OCH3 is 2. The van der Waals surface area contributed by atoms with Crippen molar-refractivity contribution in [3.05, 3.63) is 17.4 Å². The number of benzene rings is 1. The average molecular weight is 273 g/mol. The molecule has 1 amide bonds. The highest BCUT2D eigenvalue weighted by Crippen LogP contribution is 2.37. The Morgan fingerprint density at radius 2 is 2.00 bits per heavy atom. The monoisotopic (exact) mass is 273 g/mol. The lowest BCUT2D eigenvalue weighted by atomic mass is 10.1. The van der Waals surface area contributed by atoms with Gasteiger partial charge in [0.1, 0.15) is 0 Å². The molecule has 0 atom stereocenters. The lowest BCUT2D eigenvalue weighted by molar-refractivity contribution is 0.100. The Balaban J connectivity index is 3.54. The Bertz CT molecular complexity index is 508. The average Bonchev–Trinajstić information content (AvgIpc) is 2.30. The standard InChI is InChI=1S/C10H12FN3O3S/c1-16-5-3-4(9(12)15)7(14-10(13)18)6(11)8(5)17-2/h3H,1-2H3,(H2,12,15)(H3,13,14,18). The SMILES string of the molecule is COc1cc(C(N)=O)c(NC(N)=S)c(F)c1OC. The number of nitrogens with one attached hydrogen (secondary N) is 1. The molecule has 0 aliphatic carbocycles. The molecular formula is C10H12FN3O3S. The minimum Gasteiger partial charge on any atom is -0.493 e. The van der Waals surface area contributed by atoms with Gasteiger partial charge < -0.3 is 26.3 Å². The number of anilines is 1. The van der Waals surface area contributed by atoms with Gasteiger partial charge in [0.15, 0.2) is 22.4 Å². The van der Waals surface area contributed by atoms with E-state index in [2.05, 4.69) is 17.5 Å². The minimum atomic E-state index is -0.863. The number of thiocarbonyl (C=S) groups is 1. The Kier molecular flexibility index (Phi) is 4.27. The van der Waals surface area contributed by atoms with Gasteiger partial charge in [-0.2, -0.15) is 0 Å². The van der Waals surface area contributed by atoms with Crippen LogP contribution in [0.1, 0.15) is 10.4 Å². The van der Waals surface area contributed by atoms with E-state index in [1.54, 1.807) is 0 Å². The highest BCUT2D eigenvalue weighted by molar-refractivity contribution is 7.80. The highest BCUT2D eigenvalue weighted by Gasteiger charge is 2.22. The van der Waals surface area contributed by atoms with Crippen molar-refractivity contribution in [3.8, 4) is 11.5 Å². The third kappa shape index (κ3) is 2.59. The second-order valence-electron chi connectivity index (χ2n) is 3.20. The third-order valence-electron chi connectivity index (χ3n) is 2.13. The molecule has 6 nitrogen and oxygen atoms in total. The minimum absolute atomic E-state index is 0.0392. The molecule has 0 bridgehead atoms. The fourth-order valence-corrected chi connectivity index (χ4v) is 1.49. The van der Waals surface area contributed by atoms with Crippen molar-refractivity contribution >= 4 is 28.9 Å². The molecule has 0 unspecified atom stereocenters. The topological polar surface area (TPSA) is 99.6 Å². The van der Waals surface area contributed by atoms with Crippen LogP contribution in [0.5, 0.6) is 11.5 Å². The number of ether oxygens (including phenoxy) is 2. The lowest BCUT2D eigenvalue weighted by Crippen LogP contribution is -2.23. The summed E-state index contributed by atoms with van der Waals surface area (Å²) in [4.78, 5) is 11.3. The molecule has 0 aromatic heterocycles. The van der Waals surface area contributed by atoms with Gasteiger partial charge in [-0.1, -0.05) is 0 Å². The first kappa shape index (κ1) is 14.0. The van der Waals surface area contributed by atoms with E-state index in [0.717, 1.165) is 0 Å². The van der Waals surface area contributed by atoms with Gasteiger partial charge in [0, 0.05) is 0 Å². The third-order valence-corrected chi connectivity index (χ3v) is 2.23. The number of amides is 1. The normalized spacial score (nSPS) is 9.72. The van der Waals surface area contributed by atoms with Crippen LogP contribution in [0.4, 0.5) is 10.1 Å².